The molecule has 0 bridgehead atoms. The van der Waals surface area contributed by atoms with Gasteiger partial charge in [0.1, 0.15) is 10.3 Å². The molecule has 1 fully saturated rings. The maximum atomic E-state index is 4.77. The molecule has 0 aromatic carbocycles. The van der Waals surface area contributed by atoms with Crippen molar-refractivity contribution < 1.29 is 0 Å². The standard InChI is InChI=1S/C14H17BrN2/c1-14(2,3)12-13(15)17-7-6-10(9-4-5-9)8-11(17)16-12/h6-9H,4-5H2,1-3H3. The lowest BCUT2D eigenvalue weighted by molar-refractivity contribution is 0.569. The first-order valence-electron chi connectivity index (χ1n) is 6.15. The van der Waals surface area contributed by atoms with E-state index in [1.807, 2.05) is 0 Å². The van der Waals surface area contributed by atoms with E-state index in [1.54, 1.807) is 0 Å². The van der Waals surface area contributed by atoms with Crippen LogP contribution in [0.5, 0.6) is 0 Å². The van der Waals surface area contributed by atoms with Crippen LogP contribution in [-0.2, 0) is 5.41 Å². The summed E-state index contributed by atoms with van der Waals surface area (Å²) in [6, 6.07) is 4.46. The molecule has 0 atom stereocenters. The van der Waals surface area contributed by atoms with E-state index in [0.29, 0.717) is 0 Å². The van der Waals surface area contributed by atoms with Gasteiger partial charge in [0, 0.05) is 11.6 Å². The first kappa shape index (κ1) is 11.3. The monoisotopic (exact) mass is 292 g/mol. The SMILES string of the molecule is CC(C)(C)c1nc2cc(C3CC3)ccn2c1Br. The second kappa shape index (κ2) is 3.58. The Kier molecular flexibility index (Phi) is 2.37. The van der Waals surface area contributed by atoms with Gasteiger partial charge in [-0.1, -0.05) is 20.8 Å². The van der Waals surface area contributed by atoms with Gasteiger partial charge in [-0.3, -0.25) is 4.40 Å². The summed E-state index contributed by atoms with van der Waals surface area (Å²) >= 11 is 3.67. The highest BCUT2D eigenvalue weighted by Gasteiger charge is 2.26. The molecule has 17 heavy (non-hydrogen) atoms. The van der Waals surface area contributed by atoms with Crippen molar-refractivity contribution in [3.05, 3.63) is 34.2 Å². The summed E-state index contributed by atoms with van der Waals surface area (Å²) in [5.74, 6) is 0.786. The van der Waals surface area contributed by atoms with Crippen LogP contribution in [0, 0.1) is 0 Å². The van der Waals surface area contributed by atoms with Crippen LogP contribution in [0.2, 0.25) is 0 Å². The van der Waals surface area contributed by atoms with E-state index in [9.17, 15) is 0 Å². The molecule has 0 spiro atoms. The molecule has 2 nitrogen and oxygen atoms in total. The number of nitrogens with zero attached hydrogens (tertiary/aromatic N) is 2. The van der Waals surface area contributed by atoms with Crippen LogP contribution in [0.3, 0.4) is 0 Å². The van der Waals surface area contributed by atoms with Gasteiger partial charge in [0.05, 0.1) is 5.69 Å². The van der Waals surface area contributed by atoms with Crippen molar-refractivity contribution in [1.82, 2.24) is 9.38 Å². The minimum Gasteiger partial charge on any atom is -0.294 e. The molecule has 0 radical (unpaired) electrons. The predicted octanol–water partition coefficient (Wildman–Crippen LogP) is 4.27. The summed E-state index contributed by atoms with van der Waals surface area (Å²) in [4.78, 5) is 4.77. The van der Waals surface area contributed by atoms with Crippen LogP contribution in [0.25, 0.3) is 5.65 Å². The lowest BCUT2D eigenvalue weighted by Gasteiger charge is -2.15. The van der Waals surface area contributed by atoms with E-state index in [1.165, 1.54) is 18.4 Å². The summed E-state index contributed by atoms with van der Waals surface area (Å²) in [6.45, 7) is 6.59. The van der Waals surface area contributed by atoms with Gasteiger partial charge in [-0.15, -0.1) is 0 Å². The highest BCUT2D eigenvalue weighted by Crippen LogP contribution is 2.40. The number of pyridine rings is 1. The van der Waals surface area contributed by atoms with Gasteiger partial charge in [0.15, 0.2) is 0 Å². The Labute approximate surface area is 110 Å². The maximum Gasteiger partial charge on any atom is 0.138 e. The van der Waals surface area contributed by atoms with E-state index in [0.717, 1.165) is 21.9 Å². The van der Waals surface area contributed by atoms with E-state index in [2.05, 4.69) is 59.4 Å². The van der Waals surface area contributed by atoms with Crippen molar-refractivity contribution in [3.63, 3.8) is 0 Å². The largest absolute Gasteiger partial charge is 0.294 e. The molecule has 0 unspecified atom stereocenters. The third-order valence-corrected chi connectivity index (χ3v) is 4.11. The average molecular weight is 293 g/mol. The first-order chi connectivity index (χ1) is 7.97. The number of imidazole rings is 1. The smallest absolute Gasteiger partial charge is 0.138 e. The summed E-state index contributed by atoms with van der Waals surface area (Å²) in [5, 5.41) is 0. The third-order valence-electron chi connectivity index (χ3n) is 3.35. The van der Waals surface area contributed by atoms with E-state index < -0.39 is 0 Å². The van der Waals surface area contributed by atoms with Crippen molar-refractivity contribution >= 4 is 21.6 Å². The summed E-state index contributed by atoms with van der Waals surface area (Å²) < 4.78 is 3.22. The van der Waals surface area contributed by atoms with Gasteiger partial charge < -0.3 is 0 Å². The zero-order valence-electron chi connectivity index (χ0n) is 10.5. The first-order valence-corrected chi connectivity index (χ1v) is 6.94. The number of fused-ring (bicyclic) bond motifs is 1. The van der Waals surface area contributed by atoms with Crippen LogP contribution in [0.15, 0.2) is 22.9 Å². The van der Waals surface area contributed by atoms with E-state index in [-0.39, 0.29) is 5.41 Å². The number of halogens is 1. The Morgan fingerprint density at radius 2 is 2.06 bits per heavy atom. The zero-order valence-corrected chi connectivity index (χ0v) is 12.1. The van der Waals surface area contributed by atoms with Crippen molar-refractivity contribution in [1.29, 1.82) is 0 Å². The number of hydrogen-bond acceptors (Lipinski definition) is 1. The molecule has 2 heterocycles. The minimum absolute atomic E-state index is 0.0740. The van der Waals surface area contributed by atoms with Gasteiger partial charge in [-0.2, -0.15) is 0 Å². The van der Waals surface area contributed by atoms with Gasteiger partial charge in [0.2, 0.25) is 0 Å². The molecular weight excluding hydrogens is 276 g/mol. The molecule has 1 aliphatic rings. The van der Waals surface area contributed by atoms with Gasteiger partial charge in [-0.25, -0.2) is 4.98 Å². The Hall–Kier alpha value is -0.830. The highest BCUT2D eigenvalue weighted by molar-refractivity contribution is 9.10. The van der Waals surface area contributed by atoms with Gasteiger partial charge in [-0.05, 0) is 52.4 Å². The Morgan fingerprint density at radius 1 is 1.35 bits per heavy atom. The Bertz CT molecular complexity index is 574. The molecule has 90 valence electrons. The van der Waals surface area contributed by atoms with Crippen LogP contribution < -0.4 is 0 Å². The van der Waals surface area contributed by atoms with Crippen LogP contribution in [0.1, 0.15) is 50.8 Å². The topological polar surface area (TPSA) is 17.3 Å². The highest BCUT2D eigenvalue weighted by atomic mass is 79.9. The normalized spacial score (nSPS) is 16.7. The summed E-state index contributed by atoms with van der Waals surface area (Å²) in [7, 11) is 0. The van der Waals surface area contributed by atoms with Crippen LogP contribution >= 0.6 is 15.9 Å². The Balaban J connectivity index is 2.18. The fourth-order valence-corrected chi connectivity index (χ4v) is 3.16. The van der Waals surface area contributed by atoms with Crippen molar-refractivity contribution in [2.75, 3.05) is 0 Å². The lowest BCUT2D eigenvalue weighted by atomic mass is 9.93. The fraction of sp³-hybridized carbons (Fsp3) is 0.500. The molecule has 0 N–H and O–H groups in total. The Morgan fingerprint density at radius 3 is 2.65 bits per heavy atom. The van der Waals surface area contributed by atoms with Crippen molar-refractivity contribution in [3.8, 4) is 0 Å². The fourth-order valence-electron chi connectivity index (χ4n) is 2.18. The maximum absolute atomic E-state index is 4.77. The van der Waals surface area contributed by atoms with E-state index >= 15 is 0 Å². The average Bonchev–Trinajstić information content (AvgIpc) is 3.03. The number of aromatic nitrogens is 2. The second-order valence-corrected chi connectivity index (χ2v) is 6.71. The third kappa shape index (κ3) is 1.90. The minimum atomic E-state index is 0.0740. The van der Waals surface area contributed by atoms with Crippen molar-refractivity contribution in [2.24, 2.45) is 0 Å². The summed E-state index contributed by atoms with van der Waals surface area (Å²) in [6.07, 6.45) is 4.81. The van der Waals surface area contributed by atoms with E-state index in [4.69, 9.17) is 4.98 Å². The number of hydrogen-bond donors (Lipinski definition) is 0. The molecule has 2 aromatic rings. The van der Waals surface area contributed by atoms with Crippen molar-refractivity contribution in [2.45, 2.75) is 44.9 Å². The van der Waals surface area contributed by atoms with Gasteiger partial charge >= 0.3 is 0 Å². The molecule has 1 saturated carbocycles. The summed E-state index contributed by atoms with van der Waals surface area (Å²) in [5.41, 5.74) is 3.71. The second-order valence-electron chi connectivity index (χ2n) is 5.96. The molecule has 3 heteroatoms. The molecule has 0 aliphatic heterocycles. The number of rotatable bonds is 1. The van der Waals surface area contributed by atoms with Crippen LogP contribution in [-0.4, -0.2) is 9.38 Å². The molecule has 0 amide bonds. The molecular formula is C14H17BrN2. The quantitative estimate of drug-likeness (QED) is 0.767. The molecule has 2 aromatic heterocycles. The predicted molar refractivity (Wildman–Crippen MR) is 73.6 cm³/mol. The lowest BCUT2D eigenvalue weighted by Crippen LogP contribution is -2.12. The van der Waals surface area contributed by atoms with Gasteiger partial charge in [0.25, 0.3) is 0 Å². The molecule has 0 saturated heterocycles. The van der Waals surface area contributed by atoms with Crippen LogP contribution in [0.4, 0.5) is 0 Å². The zero-order chi connectivity index (χ0) is 12.2. The molecule has 1 aliphatic carbocycles. The molecule has 3 rings (SSSR count).